The molecule has 1 atom stereocenters. The molecule has 26 heavy (non-hydrogen) atoms. The van der Waals surface area contributed by atoms with Crippen LogP contribution < -0.4 is 9.62 Å². The molecule has 142 valence electrons. The fourth-order valence-electron chi connectivity index (χ4n) is 4.30. The molecule has 1 unspecified atom stereocenters. The summed E-state index contributed by atoms with van der Waals surface area (Å²) in [6.07, 6.45) is 2.91. The molecule has 3 aliphatic heterocycles. The Balaban J connectivity index is 1.46. The molecule has 2 saturated heterocycles. The Kier molecular flexibility index (Phi) is 4.66. The standard InChI is InChI=1S/C18H26N4O3S/c1-26(24,25)22-9-4-14-12-15(2-3-17(14)22)18(23)21-8-5-16(13-21)20-10-6-19-7-11-20/h2-3,12,16,19H,4-11,13H2,1H3. The highest BCUT2D eigenvalue weighted by molar-refractivity contribution is 7.92. The molecule has 1 N–H and O–H groups in total. The zero-order valence-electron chi connectivity index (χ0n) is 15.1. The molecule has 2 fully saturated rings. The van der Waals surface area contributed by atoms with E-state index >= 15 is 0 Å². The zero-order valence-corrected chi connectivity index (χ0v) is 16.0. The van der Waals surface area contributed by atoms with Crippen molar-refractivity contribution in [3.05, 3.63) is 29.3 Å². The van der Waals surface area contributed by atoms with Gasteiger partial charge in [-0.15, -0.1) is 0 Å². The van der Waals surface area contributed by atoms with Gasteiger partial charge in [0.15, 0.2) is 0 Å². The van der Waals surface area contributed by atoms with Gasteiger partial charge in [0, 0.05) is 57.4 Å². The average molecular weight is 378 g/mol. The fourth-order valence-corrected chi connectivity index (χ4v) is 5.26. The lowest BCUT2D eigenvalue weighted by Gasteiger charge is -2.32. The number of rotatable bonds is 3. The van der Waals surface area contributed by atoms with E-state index in [1.807, 2.05) is 11.0 Å². The Morgan fingerprint density at radius 3 is 2.65 bits per heavy atom. The SMILES string of the molecule is CS(=O)(=O)N1CCc2cc(C(=O)N3CCC(N4CCNCC4)C3)ccc21. The van der Waals surface area contributed by atoms with E-state index < -0.39 is 10.0 Å². The molecule has 1 aromatic carbocycles. The van der Waals surface area contributed by atoms with Crippen LogP contribution in [0.2, 0.25) is 0 Å². The summed E-state index contributed by atoms with van der Waals surface area (Å²) in [7, 11) is -3.26. The number of nitrogens with zero attached hydrogens (tertiary/aromatic N) is 3. The lowest BCUT2D eigenvalue weighted by atomic mass is 10.1. The zero-order chi connectivity index (χ0) is 18.3. The van der Waals surface area contributed by atoms with Gasteiger partial charge in [-0.1, -0.05) is 0 Å². The number of piperazine rings is 1. The molecule has 3 heterocycles. The minimum absolute atomic E-state index is 0.0586. The molecule has 3 aliphatic rings. The van der Waals surface area contributed by atoms with Gasteiger partial charge in [-0.25, -0.2) is 8.42 Å². The number of amides is 1. The molecule has 0 spiro atoms. The maximum Gasteiger partial charge on any atom is 0.253 e. The highest BCUT2D eigenvalue weighted by Gasteiger charge is 2.32. The molecule has 4 rings (SSSR count). The van der Waals surface area contributed by atoms with E-state index in [9.17, 15) is 13.2 Å². The van der Waals surface area contributed by atoms with E-state index in [0.29, 0.717) is 30.3 Å². The van der Waals surface area contributed by atoms with Crippen LogP contribution in [0, 0.1) is 0 Å². The van der Waals surface area contributed by atoms with Gasteiger partial charge in [0.05, 0.1) is 11.9 Å². The second-order valence-corrected chi connectivity index (χ2v) is 9.32. The Labute approximate surface area is 155 Å². The van der Waals surface area contributed by atoms with Crippen LogP contribution in [0.25, 0.3) is 0 Å². The Morgan fingerprint density at radius 2 is 1.92 bits per heavy atom. The first-order chi connectivity index (χ1) is 12.4. The van der Waals surface area contributed by atoms with Crippen LogP contribution in [0.15, 0.2) is 18.2 Å². The van der Waals surface area contributed by atoms with Crippen molar-refractivity contribution in [2.24, 2.45) is 0 Å². The number of anilines is 1. The monoisotopic (exact) mass is 378 g/mol. The number of carbonyl (C=O) groups is 1. The second kappa shape index (κ2) is 6.83. The molecule has 1 aromatic rings. The number of sulfonamides is 1. The molecule has 0 bridgehead atoms. The summed E-state index contributed by atoms with van der Waals surface area (Å²) in [5, 5.41) is 3.37. The molecule has 0 aliphatic carbocycles. The Bertz CT molecular complexity index is 805. The summed E-state index contributed by atoms with van der Waals surface area (Å²) in [5.41, 5.74) is 2.32. The van der Waals surface area contributed by atoms with Crippen LogP contribution in [-0.4, -0.2) is 82.2 Å². The van der Waals surface area contributed by atoms with E-state index in [1.54, 1.807) is 12.1 Å². The van der Waals surface area contributed by atoms with Gasteiger partial charge in [-0.3, -0.25) is 14.0 Å². The first kappa shape index (κ1) is 17.8. The molecule has 0 radical (unpaired) electrons. The molecular formula is C18H26N4O3S. The number of hydrogen-bond acceptors (Lipinski definition) is 5. The number of fused-ring (bicyclic) bond motifs is 1. The smallest absolute Gasteiger partial charge is 0.253 e. The third-order valence-electron chi connectivity index (χ3n) is 5.70. The predicted octanol–water partition coefficient (Wildman–Crippen LogP) is 0.128. The maximum atomic E-state index is 12.9. The van der Waals surface area contributed by atoms with Gasteiger partial charge in [-0.05, 0) is 36.6 Å². The third-order valence-corrected chi connectivity index (χ3v) is 6.88. The molecule has 1 amide bonds. The summed E-state index contributed by atoms with van der Waals surface area (Å²) in [5.74, 6) is 0.0586. The first-order valence-corrected chi connectivity index (χ1v) is 11.1. The summed E-state index contributed by atoms with van der Waals surface area (Å²) in [6.45, 7) is 6.17. The van der Waals surface area contributed by atoms with Crippen molar-refractivity contribution in [1.82, 2.24) is 15.1 Å². The topological polar surface area (TPSA) is 73.0 Å². The molecule has 0 saturated carbocycles. The number of likely N-dealkylation sites (tertiary alicyclic amines) is 1. The van der Waals surface area contributed by atoms with Crippen LogP contribution in [0.4, 0.5) is 5.69 Å². The van der Waals surface area contributed by atoms with E-state index in [-0.39, 0.29) is 5.91 Å². The average Bonchev–Trinajstić information content (AvgIpc) is 3.28. The van der Waals surface area contributed by atoms with Crippen molar-refractivity contribution >= 4 is 21.6 Å². The molecule has 7 nitrogen and oxygen atoms in total. The van der Waals surface area contributed by atoms with Gasteiger partial charge in [0.25, 0.3) is 5.91 Å². The fraction of sp³-hybridized carbons (Fsp3) is 0.611. The van der Waals surface area contributed by atoms with Crippen molar-refractivity contribution < 1.29 is 13.2 Å². The number of carbonyl (C=O) groups excluding carboxylic acids is 1. The van der Waals surface area contributed by atoms with Crippen LogP contribution in [0.1, 0.15) is 22.3 Å². The summed E-state index contributed by atoms with van der Waals surface area (Å²) >= 11 is 0. The Hall–Kier alpha value is -1.64. The molecule has 0 aromatic heterocycles. The van der Waals surface area contributed by atoms with Gasteiger partial charge in [0.1, 0.15) is 0 Å². The van der Waals surface area contributed by atoms with Crippen LogP contribution in [0.5, 0.6) is 0 Å². The van der Waals surface area contributed by atoms with Crippen LogP contribution >= 0.6 is 0 Å². The van der Waals surface area contributed by atoms with E-state index in [0.717, 1.165) is 51.3 Å². The number of nitrogens with one attached hydrogen (secondary N) is 1. The maximum absolute atomic E-state index is 12.9. The quantitative estimate of drug-likeness (QED) is 0.809. The first-order valence-electron chi connectivity index (χ1n) is 9.28. The van der Waals surface area contributed by atoms with Crippen molar-refractivity contribution in [2.45, 2.75) is 18.9 Å². The minimum atomic E-state index is -3.26. The van der Waals surface area contributed by atoms with Crippen molar-refractivity contribution in [2.75, 3.05) is 56.4 Å². The normalized spacial score (nSPS) is 24.1. The van der Waals surface area contributed by atoms with Crippen molar-refractivity contribution in [1.29, 1.82) is 0 Å². The van der Waals surface area contributed by atoms with Crippen LogP contribution in [0.3, 0.4) is 0 Å². The number of hydrogen-bond donors (Lipinski definition) is 1. The highest BCUT2D eigenvalue weighted by Crippen LogP contribution is 2.31. The lowest BCUT2D eigenvalue weighted by Crippen LogP contribution is -2.49. The summed E-state index contributed by atoms with van der Waals surface area (Å²) in [4.78, 5) is 17.3. The van der Waals surface area contributed by atoms with Crippen LogP contribution in [-0.2, 0) is 16.4 Å². The summed E-state index contributed by atoms with van der Waals surface area (Å²) < 4.78 is 25.1. The second-order valence-electron chi connectivity index (χ2n) is 7.41. The van der Waals surface area contributed by atoms with E-state index in [2.05, 4.69) is 10.2 Å². The van der Waals surface area contributed by atoms with E-state index in [4.69, 9.17) is 0 Å². The predicted molar refractivity (Wildman–Crippen MR) is 101 cm³/mol. The van der Waals surface area contributed by atoms with Gasteiger partial charge in [0.2, 0.25) is 10.0 Å². The third kappa shape index (κ3) is 3.33. The largest absolute Gasteiger partial charge is 0.337 e. The number of benzene rings is 1. The minimum Gasteiger partial charge on any atom is -0.337 e. The molecular weight excluding hydrogens is 352 g/mol. The van der Waals surface area contributed by atoms with Gasteiger partial charge in [-0.2, -0.15) is 0 Å². The van der Waals surface area contributed by atoms with Gasteiger partial charge < -0.3 is 10.2 Å². The summed E-state index contributed by atoms with van der Waals surface area (Å²) in [6, 6.07) is 5.88. The highest BCUT2D eigenvalue weighted by atomic mass is 32.2. The van der Waals surface area contributed by atoms with Crippen molar-refractivity contribution in [3.8, 4) is 0 Å². The molecule has 8 heteroatoms. The lowest BCUT2D eigenvalue weighted by molar-refractivity contribution is 0.0773. The Morgan fingerprint density at radius 1 is 1.15 bits per heavy atom. The van der Waals surface area contributed by atoms with Gasteiger partial charge >= 0.3 is 0 Å². The van der Waals surface area contributed by atoms with Crippen molar-refractivity contribution in [3.63, 3.8) is 0 Å². The van der Waals surface area contributed by atoms with E-state index in [1.165, 1.54) is 10.6 Å².